The molecule has 0 aromatic heterocycles. The highest BCUT2D eigenvalue weighted by atomic mass is 19.1. The predicted octanol–water partition coefficient (Wildman–Crippen LogP) is -9.05. The summed E-state index contributed by atoms with van der Waals surface area (Å²) < 4.78 is 49.3. The summed E-state index contributed by atoms with van der Waals surface area (Å²) in [6.45, 7) is -1.62. The van der Waals surface area contributed by atoms with Crippen LogP contribution in [-0.4, -0.2) is 190 Å². The number of rotatable bonds is 13. The van der Waals surface area contributed by atoms with Crippen molar-refractivity contribution < 1.29 is 73.4 Å². The molecule has 49 heavy (non-hydrogen) atoms. The van der Waals surface area contributed by atoms with Gasteiger partial charge in [0, 0.05) is 32.1 Å². The summed E-state index contributed by atoms with van der Waals surface area (Å²) in [6.07, 6.45) is -23.9. The fraction of sp³-hybridized carbons (Fsp3) is 0.963. The molecule has 1 saturated carbocycles. The number of carbonyl (C=O) groups is 1. The van der Waals surface area contributed by atoms with Gasteiger partial charge >= 0.3 is 0 Å². The van der Waals surface area contributed by atoms with Gasteiger partial charge < -0.3 is 104 Å². The molecule has 3 aliphatic heterocycles. The van der Waals surface area contributed by atoms with Crippen LogP contribution in [0, 0.1) is 0 Å². The Balaban J connectivity index is 1.62. The van der Waals surface area contributed by atoms with E-state index >= 15 is 0 Å². The standard InChI is InChI=1S/C27H52FN7O14/c28-8(4-30)16(38)24(43)35-10-2-9(32)21(47-25-14(33)11(37)1-7(3-29)44-25)22(17(10)39)48-27-23(19(41)13(6-36)46-27)49-26-15(34)20(42)18(40)12(5-31)45-26/h7-23,25-27,36-42H,1-6,29-34H2,(H,35,43)/t7-,8+,9-,10+,11+,12-,13+,14+,15+,16-,17-,18+,19+,20+,21+,22+,23+,25+,26+,27-/m0/s1. The molecule has 20 atom stereocenters. The van der Waals surface area contributed by atoms with E-state index in [4.69, 9.17) is 62.8 Å². The molecule has 21 nitrogen and oxygen atoms in total. The van der Waals surface area contributed by atoms with E-state index < -0.39 is 142 Å². The topological polar surface area (TPSA) is 382 Å². The van der Waals surface area contributed by atoms with E-state index in [2.05, 4.69) is 5.32 Å². The van der Waals surface area contributed by atoms with Gasteiger partial charge in [-0.3, -0.25) is 4.79 Å². The van der Waals surface area contributed by atoms with Crippen LogP contribution in [-0.2, 0) is 33.2 Å². The molecule has 0 bridgehead atoms. The molecule has 0 aromatic carbocycles. The fourth-order valence-corrected chi connectivity index (χ4v) is 6.34. The van der Waals surface area contributed by atoms with Crippen LogP contribution in [0.25, 0.3) is 0 Å². The normalized spacial score (nSPS) is 47.5. The van der Waals surface area contributed by atoms with E-state index in [1.54, 1.807) is 0 Å². The lowest BCUT2D eigenvalue weighted by atomic mass is 9.83. The third-order valence-electron chi connectivity index (χ3n) is 9.37. The van der Waals surface area contributed by atoms with Crippen molar-refractivity contribution in [2.45, 2.75) is 135 Å². The summed E-state index contributed by atoms with van der Waals surface area (Å²) in [7, 11) is 0. The zero-order valence-electron chi connectivity index (χ0n) is 26.6. The van der Waals surface area contributed by atoms with Gasteiger partial charge in [-0.1, -0.05) is 0 Å². The van der Waals surface area contributed by atoms with Gasteiger partial charge in [-0.15, -0.1) is 0 Å². The number of carbonyl (C=O) groups excluding carboxylic acids is 1. The third-order valence-corrected chi connectivity index (χ3v) is 9.37. The summed E-state index contributed by atoms with van der Waals surface area (Å²) in [5, 5.41) is 76.1. The van der Waals surface area contributed by atoms with E-state index in [-0.39, 0.29) is 25.9 Å². The minimum absolute atomic E-state index is 0.00912. The summed E-state index contributed by atoms with van der Waals surface area (Å²) in [5.41, 5.74) is 35.3. The molecule has 4 aliphatic rings. The van der Waals surface area contributed by atoms with E-state index in [1.807, 2.05) is 0 Å². The SMILES string of the molecule is NC[C@@H]1C[C@@H](O)[C@@H](N)[C@@H](O[C@H]2[C@H](O[C@@H]3O[C@H](CO)[C@@H](O)[C@H]3O[C@H]3O[C@@H](CN)[C@@H](O)[C@H](O)[C@H]3N)[C@@H](O)[C@H](NC(=O)[C@@H](O)[C@H](F)CN)C[C@@H]2N)O1. The Kier molecular flexibility index (Phi) is 14.4. The second-order valence-electron chi connectivity index (χ2n) is 12.8. The maximum Gasteiger partial charge on any atom is 0.252 e. The van der Waals surface area contributed by atoms with Gasteiger partial charge in [0.1, 0.15) is 61.1 Å². The van der Waals surface area contributed by atoms with Crippen molar-refractivity contribution in [1.29, 1.82) is 0 Å². The molecule has 3 heterocycles. The van der Waals surface area contributed by atoms with Crippen molar-refractivity contribution in [3.8, 4) is 0 Å². The average Bonchev–Trinajstić information content (AvgIpc) is 3.38. The van der Waals surface area contributed by atoms with E-state index in [0.717, 1.165) is 0 Å². The molecule has 0 radical (unpaired) electrons. The molecular weight excluding hydrogens is 665 g/mol. The first-order valence-corrected chi connectivity index (χ1v) is 16.1. The smallest absolute Gasteiger partial charge is 0.252 e. The summed E-state index contributed by atoms with van der Waals surface area (Å²) in [5.74, 6) is -1.20. The minimum Gasteiger partial charge on any atom is -0.394 e. The van der Waals surface area contributed by atoms with Crippen molar-refractivity contribution in [3.05, 3.63) is 0 Å². The minimum atomic E-state index is -2.17. The van der Waals surface area contributed by atoms with E-state index in [9.17, 15) is 44.9 Å². The number of aliphatic hydroxyl groups excluding tert-OH is 7. The van der Waals surface area contributed by atoms with E-state index in [0.29, 0.717) is 0 Å². The number of halogens is 1. The molecule has 20 N–H and O–H groups in total. The number of ether oxygens (including phenoxy) is 6. The lowest BCUT2D eigenvalue weighted by molar-refractivity contribution is -0.316. The van der Waals surface area contributed by atoms with Crippen LogP contribution in [0.4, 0.5) is 4.39 Å². The van der Waals surface area contributed by atoms with Crippen LogP contribution in [0.3, 0.4) is 0 Å². The molecule has 4 rings (SSSR count). The molecule has 4 fully saturated rings. The second kappa shape index (κ2) is 17.4. The number of hydrogen-bond acceptors (Lipinski definition) is 20. The molecule has 1 amide bonds. The van der Waals surface area contributed by atoms with Crippen LogP contribution in [0.15, 0.2) is 0 Å². The maximum absolute atomic E-state index is 14.0. The average molecular weight is 718 g/mol. The highest BCUT2D eigenvalue weighted by Gasteiger charge is 2.55. The Hall–Kier alpha value is -1.36. The summed E-state index contributed by atoms with van der Waals surface area (Å²) in [4.78, 5) is 12.7. The number of aliphatic hydroxyl groups is 7. The maximum atomic E-state index is 14.0. The van der Waals surface area contributed by atoms with Crippen molar-refractivity contribution in [3.63, 3.8) is 0 Å². The zero-order chi connectivity index (χ0) is 36.3. The number of amides is 1. The van der Waals surface area contributed by atoms with Crippen molar-refractivity contribution in [2.24, 2.45) is 34.4 Å². The van der Waals surface area contributed by atoms with E-state index in [1.165, 1.54) is 0 Å². The Bertz CT molecular complexity index is 1060. The van der Waals surface area contributed by atoms with Gasteiger partial charge in [0.25, 0.3) is 5.91 Å². The van der Waals surface area contributed by atoms with Gasteiger partial charge in [-0.05, 0) is 6.42 Å². The monoisotopic (exact) mass is 717 g/mol. The highest BCUT2D eigenvalue weighted by Crippen LogP contribution is 2.35. The molecule has 3 saturated heterocycles. The second-order valence-corrected chi connectivity index (χ2v) is 12.8. The Morgan fingerprint density at radius 2 is 1.39 bits per heavy atom. The number of alkyl halides is 1. The van der Waals surface area contributed by atoms with Crippen LogP contribution in [0.1, 0.15) is 12.8 Å². The zero-order valence-corrected chi connectivity index (χ0v) is 26.6. The lowest BCUT2D eigenvalue weighted by Crippen LogP contribution is -2.68. The van der Waals surface area contributed by atoms with Gasteiger partial charge in [0.15, 0.2) is 25.0 Å². The van der Waals surface area contributed by atoms with Crippen molar-refractivity contribution in [1.82, 2.24) is 5.32 Å². The molecule has 286 valence electrons. The third kappa shape index (κ3) is 8.82. The number of nitrogens with one attached hydrogen (secondary N) is 1. The van der Waals surface area contributed by atoms with Gasteiger partial charge in [-0.25, -0.2) is 4.39 Å². The first kappa shape index (κ1) is 40.4. The van der Waals surface area contributed by atoms with Gasteiger partial charge in [0.05, 0.1) is 36.9 Å². The molecule has 1 aliphatic carbocycles. The molecule has 0 spiro atoms. The quantitative estimate of drug-likeness (QED) is 0.0840. The van der Waals surface area contributed by atoms with Crippen LogP contribution < -0.4 is 39.7 Å². The van der Waals surface area contributed by atoms with Crippen molar-refractivity contribution >= 4 is 5.91 Å². The van der Waals surface area contributed by atoms with Gasteiger partial charge in [-0.2, -0.15) is 0 Å². The first-order valence-electron chi connectivity index (χ1n) is 16.1. The van der Waals surface area contributed by atoms with Crippen molar-refractivity contribution in [2.75, 3.05) is 26.2 Å². The van der Waals surface area contributed by atoms with Gasteiger partial charge in [0.2, 0.25) is 0 Å². The molecule has 0 aromatic rings. The largest absolute Gasteiger partial charge is 0.394 e. The number of hydrogen-bond donors (Lipinski definition) is 14. The Labute approximate surface area is 280 Å². The highest BCUT2D eigenvalue weighted by molar-refractivity contribution is 5.81. The predicted molar refractivity (Wildman–Crippen MR) is 161 cm³/mol. The first-order chi connectivity index (χ1) is 23.2. The summed E-state index contributed by atoms with van der Waals surface area (Å²) in [6, 6.07) is -4.84. The fourth-order valence-electron chi connectivity index (χ4n) is 6.34. The molecule has 0 unspecified atom stereocenters. The lowest BCUT2D eigenvalue weighted by Gasteiger charge is -2.47. The molecular formula is C27H52FN7O14. The number of nitrogens with two attached hydrogens (primary N) is 6. The summed E-state index contributed by atoms with van der Waals surface area (Å²) >= 11 is 0. The molecule has 22 heteroatoms. The Morgan fingerprint density at radius 1 is 0.776 bits per heavy atom. The van der Waals surface area contributed by atoms with Crippen LogP contribution >= 0.6 is 0 Å². The van der Waals surface area contributed by atoms with Crippen LogP contribution in [0.5, 0.6) is 0 Å². The van der Waals surface area contributed by atoms with Crippen LogP contribution in [0.2, 0.25) is 0 Å². The Morgan fingerprint density at radius 3 is 2.00 bits per heavy atom.